The van der Waals surface area contributed by atoms with Gasteiger partial charge in [0.1, 0.15) is 0 Å². The summed E-state index contributed by atoms with van der Waals surface area (Å²) in [6.45, 7) is 4.08. The second-order valence-electron chi connectivity index (χ2n) is 2.86. The van der Waals surface area contributed by atoms with Crippen molar-refractivity contribution in [3.8, 4) is 0 Å². The van der Waals surface area contributed by atoms with Crippen LogP contribution in [-0.4, -0.2) is 35.5 Å². The molecule has 0 aromatic rings. The molecule has 4 heteroatoms. The quantitative estimate of drug-likeness (QED) is 0.399. The number of hydrogen-bond acceptors (Lipinski definition) is 4. The second-order valence-corrected chi connectivity index (χ2v) is 2.86. The molecule has 12 heavy (non-hydrogen) atoms. The molecule has 0 fully saturated rings. The highest BCUT2D eigenvalue weighted by Gasteiger charge is 2.06. The highest BCUT2D eigenvalue weighted by molar-refractivity contribution is 4.64. The van der Waals surface area contributed by atoms with E-state index in [0.717, 1.165) is 12.8 Å². The predicted octanol–water partition coefficient (Wildman–Crippen LogP) is -0.378. The molecule has 0 amide bonds. The van der Waals surface area contributed by atoms with E-state index in [1.165, 1.54) is 0 Å². The van der Waals surface area contributed by atoms with Gasteiger partial charge in [0.25, 0.3) is 0 Å². The third kappa shape index (κ3) is 4.66. The van der Waals surface area contributed by atoms with Crippen LogP contribution in [0.3, 0.4) is 0 Å². The van der Waals surface area contributed by atoms with Crippen molar-refractivity contribution < 1.29 is 10.2 Å². The molecule has 0 aromatic heterocycles. The highest BCUT2D eigenvalue weighted by atomic mass is 16.3. The topological polar surface area (TPSA) is 64.5 Å². The molecule has 0 aromatic carbocycles. The lowest BCUT2D eigenvalue weighted by molar-refractivity contribution is 0.154. The van der Waals surface area contributed by atoms with E-state index in [4.69, 9.17) is 10.2 Å². The molecular formula is C8H20N2O2. The van der Waals surface area contributed by atoms with Gasteiger partial charge in [-0.1, -0.05) is 13.8 Å². The van der Waals surface area contributed by atoms with Crippen molar-refractivity contribution in [3.05, 3.63) is 0 Å². The van der Waals surface area contributed by atoms with Crippen LogP contribution < -0.4 is 10.9 Å². The monoisotopic (exact) mass is 176 g/mol. The summed E-state index contributed by atoms with van der Waals surface area (Å²) >= 11 is 0. The van der Waals surface area contributed by atoms with Crippen LogP contribution in [0.5, 0.6) is 0 Å². The number of aliphatic hydroxyl groups excluding tert-OH is 2. The van der Waals surface area contributed by atoms with Crippen molar-refractivity contribution in [2.24, 2.45) is 0 Å². The summed E-state index contributed by atoms with van der Waals surface area (Å²) in [6.07, 6.45) is 2.07. The zero-order valence-corrected chi connectivity index (χ0v) is 7.88. The lowest BCUT2D eigenvalue weighted by atomic mass is 10.2. The maximum Gasteiger partial charge on any atom is 0.0675 e. The summed E-state index contributed by atoms with van der Waals surface area (Å²) in [6, 6.07) is 0.149. The van der Waals surface area contributed by atoms with Crippen LogP contribution in [0.2, 0.25) is 0 Å². The molecule has 74 valence electrons. The zero-order chi connectivity index (χ0) is 9.40. The summed E-state index contributed by atoms with van der Waals surface area (Å²) in [5, 5.41) is 17.4. The Labute approximate surface area is 74.0 Å². The van der Waals surface area contributed by atoms with Crippen LogP contribution in [0, 0.1) is 0 Å². The van der Waals surface area contributed by atoms with Gasteiger partial charge in [0.15, 0.2) is 0 Å². The van der Waals surface area contributed by atoms with E-state index in [0.29, 0.717) is 6.04 Å². The number of nitrogens with one attached hydrogen (secondary N) is 2. The first-order valence-corrected chi connectivity index (χ1v) is 4.51. The number of aliphatic hydroxyl groups is 2. The molecule has 0 saturated heterocycles. The Hall–Kier alpha value is -0.160. The Morgan fingerprint density at radius 1 is 0.917 bits per heavy atom. The Kier molecular flexibility index (Phi) is 7.39. The lowest BCUT2D eigenvalue weighted by Gasteiger charge is -2.20. The minimum absolute atomic E-state index is 0.0519. The van der Waals surface area contributed by atoms with E-state index in [-0.39, 0.29) is 19.3 Å². The maximum atomic E-state index is 8.72. The van der Waals surface area contributed by atoms with Gasteiger partial charge in [0, 0.05) is 6.04 Å². The molecule has 0 radical (unpaired) electrons. The fraction of sp³-hybridized carbons (Fsp3) is 1.00. The summed E-state index contributed by atoms with van der Waals surface area (Å²) in [5.41, 5.74) is 5.92. The first-order valence-electron chi connectivity index (χ1n) is 4.51. The average molecular weight is 176 g/mol. The molecule has 0 rings (SSSR count). The van der Waals surface area contributed by atoms with Crippen molar-refractivity contribution in [3.63, 3.8) is 0 Å². The molecule has 0 atom stereocenters. The molecule has 0 unspecified atom stereocenters. The van der Waals surface area contributed by atoms with E-state index in [9.17, 15) is 0 Å². The van der Waals surface area contributed by atoms with Gasteiger partial charge in [-0.3, -0.25) is 5.43 Å². The Morgan fingerprint density at radius 3 is 1.67 bits per heavy atom. The van der Waals surface area contributed by atoms with E-state index in [1.807, 2.05) is 0 Å². The van der Waals surface area contributed by atoms with Gasteiger partial charge < -0.3 is 10.2 Å². The third-order valence-corrected chi connectivity index (χ3v) is 1.92. The molecule has 4 N–H and O–H groups in total. The summed E-state index contributed by atoms with van der Waals surface area (Å²) in [7, 11) is 0. The van der Waals surface area contributed by atoms with Gasteiger partial charge >= 0.3 is 0 Å². The number of hydrazine groups is 1. The Balaban J connectivity index is 3.49. The van der Waals surface area contributed by atoms with Crippen LogP contribution in [0.1, 0.15) is 26.7 Å². The fourth-order valence-electron chi connectivity index (χ4n) is 0.878. The molecule has 0 spiro atoms. The standard InChI is InChI=1S/C8H20N2O2/c1-3-7(4-2)9-10-8(5-11)6-12/h7-12H,3-6H2,1-2H3. The Morgan fingerprint density at radius 2 is 1.33 bits per heavy atom. The lowest BCUT2D eigenvalue weighted by Crippen LogP contribution is -2.49. The van der Waals surface area contributed by atoms with Crippen LogP contribution >= 0.6 is 0 Å². The second kappa shape index (κ2) is 7.49. The smallest absolute Gasteiger partial charge is 0.0675 e. The van der Waals surface area contributed by atoms with Gasteiger partial charge in [-0.25, -0.2) is 5.43 Å². The Bertz CT molecular complexity index is 81.1. The number of hydrogen-bond donors (Lipinski definition) is 4. The number of rotatable bonds is 7. The summed E-state index contributed by atoms with van der Waals surface area (Å²) in [4.78, 5) is 0. The molecule has 0 aliphatic rings. The largest absolute Gasteiger partial charge is 0.395 e. The van der Waals surface area contributed by atoms with Crippen LogP contribution in [0.25, 0.3) is 0 Å². The van der Waals surface area contributed by atoms with Gasteiger partial charge in [0.2, 0.25) is 0 Å². The average Bonchev–Trinajstić information content (AvgIpc) is 2.13. The molecule has 0 aliphatic heterocycles. The van der Waals surface area contributed by atoms with Gasteiger partial charge in [0.05, 0.1) is 19.3 Å². The van der Waals surface area contributed by atoms with E-state index >= 15 is 0 Å². The van der Waals surface area contributed by atoms with Gasteiger partial charge in [-0.15, -0.1) is 0 Å². The summed E-state index contributed by atoms with van der Waals surface area (Å²) in [5.74, 6) is 0. The highest BCUT2D eigenvalue weighted by Crippen LogP contribution is 1.93. The van der Waals surface area contributed by atoms with E-state index in [1.54, 1.807) is 0 Å². The molecule has 0 aliphatic carbocycles. The fourth-order valence-corrected chi connectivity index (χ4v) is 0.878. The minimum Gasteiger partial charge on any atom is -0.395 e. The normalized spacial score (nSPS) is 11.5. The van der Waals surface area contributed by atoms with Crippen molar-refractivity contribution in [2.45, 2.75) is 38.8 Å². The third-order valence-electron chi connectivity index (χ3n) is 1.92. The van der Waals surface area contributed by atoms with Crippen LogP contribution in [-0.2, 0) is 0 Å². The molecule has 0 heterocycles. The first-order chi connectivity index (χ1) is 5.78. The molecular weight excluding hydrogens is 156 g/mol. The zero-order valence-electron chi connectivity index (χ0n) is 7.88. The van der Waals surface area contributed by atoms with E-state index in [2.05, 4.69) is 24.7 Å². The van der Waals surface area contributed by atoms with E-state index < -0.39 is 0 Å². The minimum atomic E-state index is -0.259. The van der Waals surface area contributed by atoms with Crippen molar-refractivity contribution in [1.29, 1.82) is 0 Å². The van der Waals surface area contributed by atoms with Gasteiger partial charge in [-0.2, -0.15) is 0 Å². The molecule has 4 nitrogen and oxygen atoms in total. The first kappa shape index (κ1) is 11.8. The van der Waals surface area contributed by atoms with Crippen LogP contribution in [0.15, 0.2) is 0 Å². The maximum absolute atomic E-state index is 8.72. The SMILES string of the molecule is CCC(CC)NNC(CO)CO. The van der Waals surface area contributed by atoms with Crippen molar-refractivity contribution in [1.82, 2.24) is 10.9 Å². The summed E-state index contributed by atoms with van der Waals surface area (Å²) < 4.78 is 0. The predicted molar refractivity (Wildman–Crippen MR) is 48.6 cm³/mol. The van der Waals surface area contributed by atoms with Crippen LogP contribution in [0.4, 0.5) is 0 Å². The molecule has 0 bridgehead atoms. The van der Waals surface area contributed by atoms with Gasteiger partial charge in [-0.05, 0) is 12.8 Å². The molecule has 0 saturated carbocycles. The van der Waals surface area contributed by atoms with Crippen molar-refractivity contribution in [2.75, 3.05) is 13.2 Å². The van der Waals surface area contributed by atoms with Crippen molar-refractivity contribution >= 4 is 0 Å².